The molecular formula is C35H38N4O4S2. The van der Waals surface area contributed by atoms with Crippen molar-refractivity contribution in [3.63, 3.8) is 0 Å². The number of benzene rings is 2. The second kappa shape index (κ2) is 14.4. The van der Waals surface area contributed by atoms with E-state index in [2.05, 4.69) is 35.2 Å². The van der Waals surface area contributed by atoms with Crippen LogP contribution in [0.3, 0.4) is 0 Å². The number of ether oxygens (including phenoxy) is 2. The summed E-state index contributed by atoms with van der Waals surface area (Å²) in [6.07, 6.45) is 5.43. The van der Waals surface area contributed by atoms with Gasteiger partial charge in [0.05, 0.1) is 19.1 Å². The molecule has 8 nitrogen and oxygen atoms in total. The Balaban J connectivity index is 1.42. The van der Waals surface area contributed by atoms with Crippen LogP contribution in [-0.4, -0.2) is 53.5 Å². The summed E-state index contributed by atoms with van der Waals surface area (Å²) in [5.41, 5.74) is 3.46. The number of thiocarbonyl (C=S) groups is 1. The lowest BCUT2D eigenvalue weighted by atomic mass is 9.90. The molecule has 0 radical (unpaired) electrons. The molecular weight excluding hydrogens is 605 g/mol. The Morgan fingerprint density at radius 1 is 1.04 bits per heavy atom. The molecule has 3 heterocycles. The average molecular weight is 643 g/mol. The van der Waals surface area contributed by atoms with Crippen molar-refractivity contribution in [2.75, 3.05) is 38.8 Å². The highest BCUT2D eigenvalue weighted by molar-refractivity contribution is 8.26. The Morgan fingerprint density at radius 3 is 2.40 bits per heavy atom. The maximum absolute atomic E-state index is 13.7. The first-order chi connectivity index (χ1) is 21.8. The van der Waals surface area contributed by atoms with Gasteiger partial charge in [-0.3, -0.25) is 19.1 Å². The molecule has 0 aliphatic carbocycles. The largest absolute Gasteiger partial charge is 0.493 e. The van der Waals surface area contributed by atoms with Gasteiger partial charge in [0.2, 0.25) is 0 Å². The molecule has 3 aromatic rings. The van der Waals surface area contributed by atoms with Gasteiger partial charge >= 0.3 is 0 Å². The van der Waals surface area contributed by atoms with Crippen LogP contribution in [0.2, 0.25) is 0 Å². The van der Waals surface area contributed by atoms with E-state index < -0.39 is 0 Å². The smallest absolute Gasteiger partial charge is 0.270 e. The third-order valence-electron chi connectivity index (χ3n) is 8.66. The summed E-state index contributed by atoms with van der Waals surface area (Å²) in [5, 5.41) is 9.95. The van der Waals surface area contributed by atoms with Gasteiger partial charge in [-0.05, 0) is 80.3 Å². The molecule has 0 unspecified atom stereocenters. The van der Waals surface area contributed by atoms with Crippen LogP contribution in [0.1, 0.15) is 47.6 Å². The lowest BCUT2D eigenvalue weighted by Crippen LogP contribution is -2.39. The van der Waals surface area contributed by atoms with E-state index in [1.165, 1.54) is 17.3 Å². The van der Waals surface area contributed by atoms with Crippen LogP contribution in [0.15, 0.2) is 58.2 Å². The summed E-state index contributed by atoms with van der Waals surface area (Å²) in [6, 6.07) is 18.4. The maximum Gasteiger partial charge on any atom is 0.270 e. The van der Waals surface area contributed by atoms with Gasteiger partial charge in [-0.2, -0.15) is 5.26 Å². The SMILES string of the molecule is CCn1c(N2CCC(Cc3ccccc3)CC2)c(/C=C2/SC(=S)N(CCc3ccc(OC)c(OC)c3)C2=O)c(C)c(C#N)c1=O. The zero-order valence-electron chi connectivity index (χ0n) is 26.2. The average Bonchev–Trinajstić information content (AvgIpc) is 3.33. The van der Waals surface area contributed by atoms with E-state index in [9.17, 15) is 14.9 Å². The number of piperidine rings is 1. The number of amides is 1. The number of pyridine rings is 1. The van der Waals surface area contributed by atoms with E-state index in [1.807, 2.05) is 37.3 Å². The number of hydrogen-bond donors (Lipinski definition) is 0. The van der Waals surface area contributed by atoms with Crippen LogP contribution in [0.4, 0.5) is 5.82 Å². The molecule has 0 atom stereocenters. The van der Waals surface area contributed by atoms with Crippen LogP contribution in [0.5, 0.6) is 11.5 Å². The minimum absolute atomic E-state index is 0.106. The van der Waals surface area contributed by atoms with Gasteiger partial charge in [-0.25, -0.2) is 0 Å². The van der Waals surface area contributed by atoms with Crippen molar-refractivity contribution in [2.24, 2.45) is 5.92 Å². The van der Waals surface area contributed by atoms with Crippen molar-refractivity contribution < 1.29 is 14.3 Å². The predicted molar refractivity (Wildman–Crippen MR) is 184 cm³/mol. The molecule has 1 aromatic heterocycles. The van der Waals surface area contributed by atoms with Crippen molar-refractivity contribution >= 4 is 46.1 Å². The Bertz CT molecular complexity index is 1720. The van der Waals surface area contributed by atoms with Gasteiger partial charge in [-0.15, -0.1) is 0 Å². The fourth-order valence-electron chi connectivity index (χ4n) is 6.18. The first kappa shape index (κ1) is 32.3. The van der Waals surface area contributed by atoms with Crippen molar-refractivity contribution in [2.45, 2.75) is 46.1 Å². The summed E-state index contributed by atoms with van der Waals surface area (Å²) >= 11 is 6.91. The van der Waals surface area contributed by atoms with Crippen LogP contribution in [-0.2, 0) is 24.2 Å². The molecule has 2 aliphatic rings. The number of carbonyl (C=O) groups is 1. The Labute approximate surface area is 274 Å². The summed E-state index contributed by atoms with van der Waals surface area (Å²) in [5.74, 6) is 2.42. The van der Waals surface area contributed by atoms with Gasteiger partial charge in [0.25, 0.3) is 11.5 Å². The normalized spacial score (nSPS) is 16.4. The number of rotatable bonds is 10. The minimum atomic E-state index is -0.293. The highest BCUT2D eigenvalue weighted by Gasteiger charge is 2.33. The zero-order valence-corrected chi connectivity index (χ0v) is 27.8. The highest BCUT2D eigenvalue weighted by Crippen LogP contribution is 2.37. The van der Waals surface area contributed by atoms with E-state index in [0.29, 0.717) is 51.7 Å². The Morgan fingerprint density at radius 2 is 1.76 bits per heavy atom. The topological polar surface area (TPSA) is 87.8 Å². The molecule has 2 fully saturated rings. The number of carbonyl (C=O) groups excluding carboxylic acids is 1. The van der Waals surface area contributed by atoms with Crippen molar-refractivity contribution in [1.82, 2.24) is 9.47 Å². The lowest BCUT2D eigenvalue weighted by molar-refractivity contribution is -0.122. The van der Waals surface area contributed by atoms with Gasteiger partial charge < -0.3 is 14.4 Å². The van der Waals surface area contributed by atoms with Gasteiger partial charge in [0, 0.05) is 31.7 Å². The first-order valence-electron chi connectivity index (χ1n) is 15.2. The highest BCUT2D eigenvalue weighted by atomic mass is 32.2. The Hall–Kier alpha value is -4.07. The molecule has 10 heteroatoms. The summed E-state index contributed by atoms with van der Waals surface area (Å²) in [6.45, 7) is 6.12. The van der Waals surface area contributed by atoms with Gasteiger partial charge in [-0.1, -0.05) is 60.4 Å². The van der Waals surface area contributed by atoms with Gasteiger partial charge in [0.15, 0.2) is 11.5 Å². The van der Waals surface area contributed by atoms with E-state index >= 15 is 0 Å². The van der Waals surface area contributed by atoms with Gasteiger partial charge in [0.1, 0.15) is 21.8 Å². The monoisotopic (exact) mass is 642 g/mol. The number of thioether (sulfide) groups is 1. The molecule has 5 rings (SSSR count). The summed E-state index contributed by atoms with van der Waals surface area (Å²) in [4.78, 5) is 31.5. The fourth-order valence-corrected chi connectivity index (χ4v) is 7.47. The lowest BCUT2D eigenvalue weighted by Gasteiger charge is -2.36. The number of aromatic nitrogens is 1. The molecule has 45 heavy (non-hydrogen) atoms. The van der Waals surface area contributed by atoms with Crippen LogP contribution < -0.4 is 19.9 Å². The third kappa shape index (κ3) is 6.80. The minimum Gasteiger partial charge on any atom is -0.493 e. The quantitative estimate of drug-likeness (QED) is 0.198. The molecule has 234 valence electrons. The molecule has 0 N–H and O–H groups in total. The molecule has 0 saturated carbocycles. The molecule has 0 bridgehead atoms. The van der Waals surface area contributed by atoms with Crippen molar-refractivity contribution in [3.8, 4) is 17.6 Å². The van der Waals surface area contributed by atoms with E-state index in [0.717, 1.165) is 49.3 Å². The number of hydrogen-bond acceptors (Lipinski definition) is 8. The first-order valence-corrected chi connectivity index (χ1v) is 16.4. The second-order valence-corrected chi connectivity index (χ2v) is 13.0. The summed E-state index contributed by atoms with van der Waals surface area (Å²) < 4.78 is 12.9. The number of anilines is 1. The van der Waals surface area contributed by atoms with Crippen LogP contribution in [0.25, 0.3) is 6.08 Å². The van der Waals surface area contributed by atoms with Crippen molar-refractivity contribution in [3.05, 3.63) is 91.6 Å². The van der Waals surface area contributed by atoms with E-state index in [1.54, 1.807) is 30.6 Å². The van der Waals surface area contributed by atoms with Crippen LogP contribution >= 0.6 is 24.0 Å². The Kier molecular flexibility index (Phi) is 10.3. The number of nitriles is 1. The molecule has 2 saturated heterocycles. The molecule has 2 aliphatic heterocycles. The zero-order chi connectivity index (χ0) is 32.1. The molecule has 2 aromatic carbocycles. The van der Waals surface area contributed by atoms with E-state index in [4.69, 9.17) is 21.7 Å². The van der Waals surface area contributed by atoms with Crippen LogP contribution in [0, 0.1) is 24.2 Å². The van der Waals surface area contributed by atoms with Crippen molar-refractivity contribution in [1.29, 1.82) is 5.26 Å². The molecule has 1 amide bonds. The molecule has 0 spiro atoms. The second-order valence-electron chi connectivity index (χ2n) is 11.3. The fraction of sp³-hybridized carbons (Fsp3) is 0.371. The third-order valence-corrected chi connectivity index (χ3v) is 10.0. The summed E-state index contributed by atoms with van der Waals surface area (Å²) in [7, 11) is 3.19. The number of methoxy groups -OCH3 is 2. The van der Waals surface area contributed by atoms with E-state index in [-0.39, 0.29) is 17.0 Å². The predicted octanol–water partition coefficient (Wildman–Crippen LogP) is 5.97. The number of nitrogens with zero attached hydrogens (tertiary/aromatic N) is 4. The maximum atomic E-state index is 13.7. The standard InChI is InChI=1S/C35H38N4O4S2/c1-5-38-32(37-16-13-26(14-17-37)19-24-9-7-6-8-10-24)27(23(2)28(22-36)33(38)40)21-31-34(41)39(35(44)45-31)18-15-25-11-12-29(42-3)30(20-25)43-4/h6-12,20-21,26H,5,13-19H2,1-4H3/b31-21+.